The Bertz CT molecular complexity index is 337. The maximum atomic E-state index is 10.8. The Kier molecular flexibility index (Phi) is 8.20. The monoisotopic (exact) mass is 240 g/mol. The zero-order valence-electron chi connectivity index (χ0n) is 9.13. The summed E-state index contributed by atoms with van der Waals surface area (Å²) in [7, 11) is -7.71. The largest absolute Gasteiger partial charge is 1.00 e. The van der Waals surface area contributed by atoms with E-state index in [1.807, 2.05) is 0 Å². The second-order valence-corrected chi connectivity index (χ2v) is 5.64. The van der Waals surface area contributed by atoms with Gasteiger partial charge in [0.05, 0.1) is 18.1 Å². The van der Waals surface area contributed by atoms with Crippen molar-refractivity contribution in [3.63, 3.8) is 0 Å². The van der Waals surface area contributed by atoms with E-state index in [4.69, 9.17) is 4.55 Å². The molecule has 0 aromatic rings. The Morgan fingerprint density at radius 2 is 1.71 bits per heavy atom. The van der Waals surface area contributed by atoms with Crippen molar-refractivity contribution in [3.8, 4) is 0 Å². The molecule has 0 saturated heterocycles. The Morgan fingerprint density at radius 1 is 1.21 bits per heavy atom. The van der Waals surface area contributed by atoms with Crippen molar-refractivity contribution >= 4 is 20.2 Å². The summed E-state index contributed by atoms with van der Waals surface area (Å²) < 4.78 is 54.6. The van der Waals surface area contributed by atoms with E-state index in [1.54, 1.807) is 0 Å². The Labute approximate surface area is 97.6 Å². The van der Waals surface area contributed by atoms with Gasteiger partial charge >= 0.3 is 18.9 Å². The maximum Gasteiger partial charge on any atom is 1.00 e. The molecule has 14 heavy (non-hydrogen) atoms. The van der Waals surface area contributed by atoms with Crippen LogP contribution in [0.15, 0.2) is 0 Å². The van der Waals surface area contributed by atoms with Crippen LogP contribution in [0.1, 0.15) is 14.8 Å². The second-order valence-electron chi connectivity index (χ2n) is 2.31. The quantitative estimate of drug-likeness (QED) is 0.297. The van der Waals surface area contributed by atoms with Crippen LogP contribution in [0.25, 0.3) is 0 Å². The van der Waals surface area contributed by atoms with Crippen molar-refractivity contribution < 1.29 is 45.9 Å². The van der Waals surface area contributed by atoms with Crippen LogP contribution in [0, 0.1) is 0 Å². The summed E-state index contributed by atoms with van der Waals surface area (Å²) in [6, 6.07) is 0. The number of hydrogen-bond acceptors (Lipinski definition) is 5. The molecule has 1 N–H and O–H groups in total. The zero-order chi connectivity index (χ0) is 10.5. The van der Waals surface area contributed by atoms with Crippen LogP contribution in [0.3, 0.4) is 0 Å². The number of rotatable bonds is 6. The molecular weight excluding hydrogens is 227 g/mol. The summed E-state index contributed by atoms with van der Waals surface area (Å²) in [4.78, 5) is 0. The van der Waals surface area contributed by atoms with E-state index >= 15 is 0 Å². The van der Waals surface area contributed by atoms with Gasteiger partial charge < -0.3 is 1.43 Å². The van der Waals surface area contributed by atoms with E-state index in [-0.39, 0.29) is 33.3 Å². The van der Waals surface area contributed by atoms with Crippen LogP contribution in [-0.4, -0.2) is 39.5 Å². The molecule has 0 atom stereocenters. The zero-order valence-corrected chi connectivity index (χ0v) is 9.77. The Balaban J connectivity index is -0.000000720. The molecule has 0 bridgehead atoms. The molecule has 0 fully saturated rings. The molecule has 9 heteroatoms. The fourth-order valence-corrected chi connectivity index (χ4v) is 2.32. The molecule has 0 aliphatic rings. The van der Waals surface area contributed by atoms with Gasteiger partial charge in [-0.3, -0.25) is 8.74 Å². The predicted octanol–water partition coefficient (Wildman–Crippen LogP) is -3.25. The summed E-state index contributed by atoms with van der Waals surface area (Å²) in [5.41, 5.74) is 0. The van der Waals surface area contributed by atoms with E-state index in [0.29, 0.717) is 0 Å². The SMILES string of the molecule is CCOS(=O)(=O)CCCS(=O)(=O)O.[H-].[Li+]. The van der Waals surface area contributed by atoms with Gasteiger partial charge in [0.25, 0.3) is 20.2 Å². The van der Waals surface area contributed by atoms with Gasteiger partial charge in [-0.1, -0.05) is 0 Å². The summed E-state index contributed by atoms with van der Waals surface area (Å²) in [5, 5.41) is 0. The third kappa shape index (κ3) is 10.5. The summed E-state index contributed by atoms with van der Waals surface area (Å²) in [5.74, 6) is -0.972. The predicted molar refractivity (Wildman–Crippen MR) is 47.6 cm³/mol. The first-order valence-electron chi connectivity index (χ1n) is 3.59. The molecular formula is C5H13LiO6S2. The first-order chi connectivity index (χ1) is 5.77. The second kappa shape index (κ2) is 6.82. The molecule has 6 nitrogen and oxygen atoms in total. The van der Waals surface area contributed by atoms with Gasteiger partial charge in [0.1, 0.15) is 0 Å². The van der Waals surface area contributed by atoms with Crippen molar-refractivity contribution in [3.05, 3.63) is 0 Å². The van der Waals surface area contributed by atoms with Gasteiger partial charge in [-0.05, 0) is 13.3 Å². The van der Waals surface area contributed by atoms with Crippen molar-refractivity contribution in [2.45, 2.75) is 13.3 Å². The molecule has 0 heterocycles. The first-order valence-corrected chi connectivity index (χ1v) is 6.78. The van der Waals surface area contributed by atoms with E-state index in [0.717, 1.165) is 0 Å². The third-order valence-corrected chi connectivity index (χ3v) is 3.28. The molecule has 0 radical (unpaired) electrons. The molecule has 0 spiro atoms. The van der Waals surface area contributed by atoms with Crippen LogP contribution >= 0.6 is 0 Å². The van der Waals surface area contributed by atoms with Gasteiger partial charge in [-0.25, -0.2) is 0 Å². The van der Waals surface area contributed by atoms with Crippen LogP contribution in [0.4, 0.5) is 0 Å². The van der Waals surface area contributed by atoms with Crippen molar-refractivity contribution in [2.75, 3.05) is 18.1 Å². The molecule has 0 unspecified atom stereocenters. The average Bonchev–Trinajstić information content (AvgIpc) is 1.82. The van der Waals surface area contributed by atoms with E-state index in [1.165, 1.54) is 6.92 Å². The van der Waals surface area contributed by atoms with Crippen LogP contribution in [0.5, 0.6) is 0 Å². The normalized spacial score (nSPS) is 12.1. The molecule has 0 amide bonds. The van der Waals surface area contributed by atoms with Crippen LogP contribution < -0.4 is 18.9 Å². The average molecular weight is 240 g/mol. The molecule has 0 rings (SSSR count). The van der Waals surface area contributed by atoms with E-state index < -0.39 is 31.7 Å². The smallest absolute Gasteiger partial charge is 1.00 e. The summed E-state index contributed by atoms with van der Waals surface area (Å²) in [6.07, 6.45) is -0.166. The van der Waals surface area contributed by atoms with Crippen LogP contribution in [-0.2, 0) is 24.4 Å². The molecule has 0 aromatic carbocycles. The standard InChI is InChI=1S/C5H12O6S2.Li.H/c1-2-11-13(9,10)5-3-4-12(6,7)8;;/h2-5H2,1H3,(H,6,7,8);;/q;+1;-1. The minimum absolute atomic E-state index is 0. The molecule has 82 valence electrons. The first kappa shape index (κ1) is 16.8. The minimum atomic E-state index is -4.08. The summed E-state index contributed by atoms with van der Waals surface area (Å²) in [6.45, 7) is 1.54. The summed E-state index contributed by atoms with van der Waals surface area (Å²) >= 11 is 0. The Morgan fingerprint density at radius 3 is 2.07 bits per heavy atom. The fourth-order valence-electron chi connectivity index (χ4n) is 0.657. The van der Waals surface area contributed by atoms with E-state index in [2.05, 4.69) is 4.18 Å². The van der Waals surface area contributed by atoms with Gasteiger partial charge in [0.15, 0.2) is 0 Å². The van der Waals surface area contributed by atoms with Crippen molar-refractivity contribution in [1.82, 2.24) is 0 Å². The van der Waals surface area contributed by atoms with Gasteiger partial charge in [0, 0.05) is 0 Å². The molecule has 0 aromatic heterocycles. The van der Waals surface area contributed by atoms with Crippen molar-refractivity contribution in [1.29, 1.82) is 0 Å². The topological polar surface area (TPSA) is 97.7 Å². The van der Waals surface area contributed by atoms with Gasteiger partial charge in [-0.2, -0.15) is 16.8 Å². The molecule has 0 aliphatic carbocycles. The van der Waals surface area contributed by atoms with E-state index in [9.17, 15) is 16.8 Å². The van der Waals surface area contributed by atoms with Crippen molar-refractivity contribution in [2.24, 2.45) is 0 Å². The molecule has 0 saturated carbocycles. The molecule has 0 aliphatic heterocycles. The fraction of sp³-hybridized carbons (Fsp3) is 1.00. The Hall–Kier alpha value is 0.417. The third-order valence-electron chi connectivity index (χ3n) is 1.09. The number of hydrogen-bond donors (Lipinski definition) is 1. The van der Waals surface area contributed by atoms with Gasteiger partial charge in [0.2, 0.25) is 0 Å². The van der Waals surface area contributed by atoms with Gasteiger partial charge in [-0.15, -0.1) is 0 Å². The maximum absolute atomic E-state index is 10.8. The minimum Gasteiger partial charge on any atom is -1.00 e. The van der Waals surface area contributed by atoms with Crippen LogP contribution in [0.2, 0.25) is 0 Å².